The van der Waals surface area contributed by atoms with Crippen LogP contribution in [0.15, 0.2) is 40.8 Å². The topological polar surface area (TPSA) is 114 Å². The van der Waals surface area contributed by atoms with Crippen molar-refractivity contribution in [3.63, 3.8) is 0 Å². The first-order valence-electron chi connectivity index (χ1n) is 8.66. The Bertz CT molecular complexity index is 1160. The largest absolute Gasteiger partial charge is 0.497 e. The van der Waals surface area contributed by atoms with Gasteiger partial charge in [-0.05, 0) is 30.3 Å². The molecule has 0 saturated carbocycles. The number of nitrogens with zero attached hydrogens (tertiary/aromatic N) is 3. The highest BCUT2D eigenvalue weighted by molar-refractivity contribution is 5.97. The number of oxazole rings is 1. The Morgan fingerprint density at radius 1 is 1.21 bits per heavy atom. The zero-order chi connectivity index (χ0) is 19.7. The molecule has 2 heterocycles. The van der Waals surface area contributed by atoms with E-state index < -0.39 is 0 Å². The molecular formula is C19H19N5O4. The highest BCUT2D eigenvalue weighted by Crippen LogP contribution is 2.27. The highest BCUT2D eigenvalue weighted by Gasteiger charge is 2.14. The van der Waals surface area contributed by atoms with Crippen LogP contribution in [-0.2, 0) is 7.05 Å². The van der Waals surface area contributed by atoms with E-state index >= 15 is 0 Å². The van der Waals surface area contributed by atoms with E-state index in [1.165, 1.54) is 0 Å². The molecule has 9 nitrogen and oxygen atoms in total. The summed E-state index contributed by atoms with van der Waals surface area (Å²) in [6.07, 6.45) is 0. The lowest BCUT2D eigenvalue weighted by Gasteiger charge is -2.03. The third kappa shape index (κ3) is 3.23. The van der Waals surface area contributed by atoms with Crippen molar-refractivity contribution in [2.75, 3.05) is 25.6 Å². The molecule has 4 rings (SSSR count). The average Bonchev–Trinajstić information content (AvgIpc) is 3.25. The number of amides is 1. The Morgan fingerprint density at radius 2 is 2.07 bits per heavy atom. The van der Waals surface area contributed by atoms with Gasteiger partial charge in [0.1, 0.15) is 11.3 Å². The standard InChI is InChI=1S/C19H19N5O4/c1-24-15-6-3-11(17(26)20-7-8-25)9-14(15)21-18(24)23-19-22-13-5-4-12(27-2)10-16(13)28-19/h3-6,9-10,25H,7-8H2,1-2H3,(H,20,26)(H,21,22,23). The zero-order valence-corrected chi connectivity index (χ0v) is 15.4. The molecule has 0 fully saturated rings. The predicted octanol–water partition coefficient (Wildman–Crippen LogP) is 2.19. The van der Waals surface area contributed by atoms with Gasteiger partial charge >= 0.3 is 6.01 Å². The van der Waals surface area contributed by atoms with Gasteiger partial charge in [0.25, 0.3) is 5.91 Å². The first kappa shape index (κ1) is 17.8. The van der Waals surface area contributed by atoms with Gasteiger partial charge in [-0.3, -0.25) is 10.1 Å². The number of aliphatic hydroxyl groups excluding tert-OH is 1. The van der Waals surface area contributed by atoms with Crippen molar-refractivity contribution in [1.82, 2.24) is 19.9 Å². The molecule has 0 unspecified atom stereocenters. The molecule has 144 valence electrons. The summed E-state index contributed by atoms with van der Waals surface area (Å²) in [6.45, 7) is 0.0937. The first-order valence-corrected chi connectivity index (χ1v) is 8.66. The summed E-state index contributed by atoms with van der Waals surface area (Å²) < 4.78 is 12.8. The molecule has 28 heavy (non-hydrogen) atoms. The second-order valence-electron chi connectivity index (χ2n) is 6.16. The highest BCUT2D eigenvalue weighted by atomic mass is 16.5. The summed E-state index contributed by atoms with van der Waals surface area (Å²) in [5, 5.41) is 14.5. The number of ether oxygens (including phenoxy) is 1. The summed E-state index contributed by atoms with van der Waals surface area (Å²) in [4.78, 5) is 21.0. The fraction of sp³-hybridized carbons (Fsp3) is 0.211. The van der Waals surface area contributed by atoms with Crippen LogP contribution in [0.1, 0.15) is 10.4 Å². The van der Waals surface area contributed by atoms with Crippen LogP contribution in [0.3, 0.4) is 0 Å². The number of hydrogen-bond donors (Lipinski definition) is 3. The van der Waals surface area contributed by atoms with Crippen LogP contribution in [0.4, 0.5) is 12.0 Å². The number of benzene rings is 2. The van der Waals surface area contributed by atoms with E-state index in [1.54, 1.807) is 25.3 Å². The van der Waals surface area contributed by atoms with Crippen LogP contribution in [-0.4, -0.2) is 45.8 Å². The summed E-state index contributed by atoms with van der Waals surface area (Å²) in [6, 6.07) is 10.9. The summed E-state index contributed by atoms with van der Waals surface area (Å²) >= 11 is 0. The molecule has 0 spiro atoms. The molecule has 9 heteroatoms. The van der Waals surface area contributed by atoms with Gasteiger partial charge in [-0.1, -0.05) is 0 Å². The smallest absolute Gasteiger partial charge is 0.302 e. The number of nitrogens with one attached hydrogen (secondary N) is 2. The maximum absolute atomic E-state index is 12.1. The lowest BCUT2D eigenvalue weighted by molar-refractivity contribution is 0.0945. The monoisotopic (exact) mass is 381 g/mol. The van der Waals surface area contributed by atoms with Crippen molar-refractivity contribution in [3.8, 4) is 5.75 Å². The van der Waals surface area contributed by atoms with Crippen molar-refractivity contribution in [2.24, 2.45) is 7.05 Å². The lowest BCUT2D eigenvalue weighted by Crippen LogP contribution is -2.26. The summed E-state index contributed by atoms with van der Waals surface area (Å²) in [5.41, 5.74) is 3.27. The van der Waals surface area contributed by atoms with Gasteiger partial charge < -0.3 is 24.1 Å². The van der Waals surface area contributed by atoms with Gasteiger partial charge in [-0.2, -0.15) is 4.98 Å². The fourth-order valence-electron chi connectivity index (χ4n) is 2.91. The third-order valence-electron chi connectivity index (χ3n) is 4.35. The average molecular weight is 381 g/mol. The first-order chi connectivity index (χ1) is 13.6. The quantitative estimate of drug-likeness (QED) is 0.469. The maximum atomic E-state index is 12.1. The van der Waals surface area contributed by atoms with Crippen LogP contribution in [0.5, 0.6) is 5.75 Å². The van der Waals surface area contributed by atoms with Gasteiger partial charge in [0.15, 0.2) is 5.58 Å². The van der Waals surface area contributed by atoms with Crippen molar-refractivity contribution in [2.45, 2.75) is 0 Å². The summed E-state index contributed by atoms with van der Waals surface area (Å²) in [7, 11) is 3.45. The zero-order valence-electron chi connectivity index (χ0n) is 15.4. The number of methoxy groups -OCH3 is 1. The minimum atomic E-state index is -0.260. The maximum Gasteiger partial charge on any atom is 0.302 e. The van der Waals surface area contributed by atoms with Crippen molar-refractivity contribution < 1.29 is 19.1 Å². The molecule has 0 aliphatic carbocycles. The Morgan fingerprint density at radius 3 is 2.86 bits per heavy atom. The van der Waals surface area contributed by atoms with Gasteiger partial charge in [-0.25, -0.2) is 4.98 Å². The van der Waals surface area contributed by atoms with Crippen molar-refractivity contribution in [1.29, 1.82) is 0 Å². The van der Waals surface area contributed by atoms with E-state index in [1.807, 2.05) is 29.8 Å². The molecule has 2 aromatic heterocycles. The Hall–Kier alpha value is -3.59. The Balaban J connectivity index is 1.63. The van der Waals surface area contributed by atoms with Crippen LogP contribution in [0.2, 0.25) is 0 Å². The fourth-order valence-corrected chi connectivity index (χ4v) is 2.91. The molecule has 4 aromatic rings. The van der Waals surface area contributed by atoms with Gasteiger partial charge in [-0.15, -0.1) is 0 Å². The van der Waals surface area contributed by atoms with Crippen LogP contribution in [0, 0.1) is 0 Å². The number of aryl methyl sites for hydroxylation is 1. The molecule has 0 saturated heterocycles. The predicted molar refractivity (Wildman–Crippen MR) is 104 cm³/mol. The third-order valence-corrected chi connectivity index (χ3v) is 4.35. The number of carbonyl (C=O) groups excluding carboxylic acids is 1. The lowest BCUT2D eigenvalue weighted by atomic mass is 10.2. The summed E-state index contributed by atoms with van der Waals surface area (Å²) in [5.74, 6) is 0.954. The Kier molecular flexibility index (Phi) is 4.58. The Labute approximate surface area is 159 Å². The number of aliphatic hydroxyl groups is 1. The minimum absolute atomic E-state index is 0.109. The second kappa shape index (κ2) is 7.20. The van der Waals surface area contributed by atoms with Gasteiger partial charge in [0, 0.05) is 25.2 Å². The normalized spacial score (nSPS) is 11.1. The minimum Gasteiger partial charge on any atom is -0.497 e. The van der Waals surface area contributed by atoms with E-state index in [-0.39, 0.29) is 19.1 Å². The number of aromatic nitrogens is 3. The SMILES string of the molecule is COc1ccc2nc(Nc3nc4cc(C(=O)NCCO)ccc4n3C)oc2c1. The van der Waals surface area contributed by atoms with E-state index in [0.29, 0.717) is 39.9 Å². The molecule has 0 bridgehead atoms. The molecule has 0 aliphatic rings. The van der Waals surface area contributed by atoms with Crippen molar-refractivity contribution in [3.05, 3.63) is 42.0 Å². The number of anilines is 2. The number of imidazole rings is 1. The molecule has 0 atom stereocenters. The van der Waals surface area contributed by atoms with E-state index in [4.69, 9.17) is 14.3 Å². The number of hydrogen-bond acceptors (Lipinski definition) is 7. The molecule has 2 aromatic carbocycles. The molecule has 0 aliphatic heterocycles. The number of rotatable bonds is 6. The second-order valence-corrected chi connectivity index (χ2v) is 6.16. The number of carbonyl (C=O) groups is 1. The van der Waals surface area contributed by atoms with E-state index in [0.717, 1.165) is 5.52 Å². The van der Waals surface area contributed by atoms with Crippen LogP contribution in [0.25, 0.3) is 22.1 Å². The molecule has 1 amide bonds. The van der Waals surface area contributed by atoms with Crippen molar-refractivity contribution >= 4 is 40.0 Å². The molecular weight excluding hydrogens is 362 g/mol. The molecule has 0 radical (unpaired) electrons. The van der Waals surface area contributed by atoms with Crippen LogP contribution < -0.4 is 15.4 Å². The van der Waals surface area contributed by atoms with Crippen LogP contribution >= 0.6 is 0 Å². The van der Waals surface area contributed by atoms with E-state index in [2.05, 4.69) is 20.6 Å². The van der Waals surface area contributed by atoms with Gasteiger partial charge in [0.2, 0.25) is 5.95 Å². The molecule has 3 N–H and O–H groups in total. The number of fused-ring (bicyclic) bond motifs is 2. The van der Waals surface area contributed by atoms with E-state index in [9.17, 15) is 4.79 Å². The van der Waals surface area contributed by atoms with Gasteiger partial charge in [0.05, 0.1) is 24.8 Å².